The van der Waals surface area contributed by atoms with E-state index < -0.39 is 20.4 Å². The van der Waals surface area contributed by atoms with E-state index in [1.807, 2.05) is 78.9 Å². The summed E-state index contributed by atoms with van der Waals surface area (Å²) in [6.45, 7) is 1.72. The predicted molar refractivity (Wildman–Crippen MR) is 215 cm³/mol. The van der Waals surface area contributed by atoms with E-state index in [-0.39, 0.29) is 39.9 Å². The molecule has 0 atom stereocenters. The summed E-state index contributed by atoms with van der Waals surface area (Å²) in [7, 11) is -3.18. The van der Waals surface area contributed by atoms with Gasteiger partial charge in [0, 0.05) is 6.07 Å². The fourth-order valence-corrected chi connectivity index (χ4v) is 7.49. The molecule has 1 N–H and O–H groups in total. The Morgan fingerprint density at radius 1 is 0.509 bits per heavy atom. The highest BCUT2D eigenvalue weighted by molar-refractivity contribution is 7.86. The molecule has 0 saturated heterocycles. The summed E-state index contributed by atoms with van der Waals surface area (Å²) >= 11 is 0. The normalized spacial score (nSPS) is 11.2. The minimum absolute atomic E-state index is 0.00516. The first-order chi connectivity index (χ1) is 27.6. The zero-order chi connectivity index (χ0) is 40.0. The molecule has 10 heteroatoms. The number of rotatable bonds is 12. The predicted octanol–water partition coefficient (Wildman–Crippen LogP) is 10.8. The van der Waals surface area contributed by atoms with E-state index in [1.54, 1.807) is 44.4 Å². The van der Waals surface area contributed by atoms with Crippen LogP contribution in [0.25, 0.3) is 0 Å². The standard InChI is InChI=1S/C47H34N2O7S/c1-32-11-9-16-42(40(32)30-48)56-45-28-27-39(29-46(45)57(50,51)52)55-44-18-10-17-43(41(44)31-49)54-38-25-21-36(22-26-38)47(33-12-5-3-6-13-33,34-14-7-4-8-15-34)35-19-23-37(53-2)24-20-35/h3-29H,1-2H3,(H,50,51,52). The first kappa shape index (κ1) is 37.9. The van der Waals surface area contributed by atoms with Crippen LogP contribution in [0.2, 0.25) is 0 Å². The van der Waals surface area contributed by atoms with E-state index in [2.05, 4.69) is 42.5 Å². The summed E-state index contributed by atoms with van der Waals surface area (Å²) in [4.78, 5) is -0.590. The van der Waals surface area contributed by atoms with Crippen molar-refractivity contribution in [2.75, 3.05) is 7.11 Å². The smallest absolute Gasteiger partial charge is 0.298 e. The number of methoxy groups -OCH3 is 1. The highest BCUT2D eigenvalue weighted by Gasteiger charge is 2.38. The molecule has 0 aliphatic carbocycles. The van der Waals surface area contributed by atoms with Crippen LogP contribution >= 0.6 is 0 Å². The topological polar surface area (TPSA) is 139 Å². The third kappa shape index (κ3) is 7.64. The van der Waals surface area contributed by atoms with Gasteiger partial charge in [-0.2, -0.15) is 18.9 Å². The molecule has 0 aliphatic heterocycles. The highest BCUT2D eigenvalue weighted by atomic mass is 32.2. The molecule has 7 aromatic carbocycles. The van der Waals surface area contributed by atoms with E-state index in [4.69, 9.17) is 18.9 Å². The van der Waals surface area contributed by atoms with Gasteiger partial charge in [0.15, 0.2) is 0 Å². The zero-order valence-corrected chi connectivity index (χ0v) is 31.6. The maximum absolute atomic E-state index is 12.5. The largest absolute Gasteiger partial charge is 0.497 e. The van der Waals surface area contributed by atoms with Gasteiger partial charge in [0.2, 0.25) is 0 Å². The Balaban J connectivity index is 1.22. The minimum Gasteiger partial charge on any atom is -0.497 e. The number of hydrogen-bond donors (Lipinski definition) is 1. The molecule has 280 valence electrons. The van der Waals surface area contributed by atoms with Gasteiger partial charge in [-0.05, 0) is 89.3 Å². The molecule has 57 heavy (non-hydrogen) atoms. The van der Waals surface area contributed by atoms with Crippen LogP contribution in [0, 0.1) is 29.6 Å². The molecule has 0 unspecified atom stereocenters. The van der Waals surface area contributed by atoms with Crippen molar-refractivity contribution in [2.45, 2.75) is 17.2 Å². The van der Waals surface area contributed by atoms with Crippen LogP contribution in [0.1, 0.15) is 38.9 Å². The molecule has 0 spiro atoms. The van der Waals surface area contributed by atoms with Crippen LogP contribution in [0.3, 0.4) is 0 Å². The van der Waals surface area contributed by atoms with E-state index >= 15 is 0 Å². The Hall–Kier alpha value is -7.37. The number of benzene rings is 7. The summed E-state index contributed by atoms with van der Waals surface area (Å²) in [5.41, 5.74) is 4.32. The van der Waals surface area contributed by atoms with Crippen molar-refractivity contribution in [1.29, 1.82) is 10.5 Å². The number of nitriles is 2. The van der Waals surface area contributed by atoms with Gasteiger partial charge in [-0.3, -0.25) is 4.55 Å². The maximum atomic E-state index is 12.5. The summed E-state index contributed by atoms with van der Waals surface area (Å²) in [6.07, 6.45) is 0. The van der Waals surface area contributed by atoms with E-state index in [0.717, 1.165) is 34.1 Å². The Morgan fingerprint density at radius 3 is 1.47 bits per heavy atom. The van der Waals surface area contributed by atoms with Crippen molar-refractivity contribution < 1.29 is 31.9 Å². The van der Waals surface area contributed by atoms with Crippen molar-refractivity contribution in [3.05, 3.63) is 203 Å². The molecular formula is C47H34N2O7S. The van der Waals surface area contributed by atoms with Gasteiger partial charge in [-0.1, -0.05) is 103 Å². The van der Waals surface area contributed by atoms with Crippen molar-refractivity contribution in [3.8, 4) is 52.4 Å². The first-order valence-electron chi connectivity index (χ1n) is 17.7. The van der Waals surface area contributed by atoms with Crippen molar-refractivity contribution in [2.24, 2.45) is 0 Å². The summed E-state index contributed by atoms with van der Waals surface area (Å²) < 4.78 is 58.7. The second-order valence-electron chi connectivity index (χ2n) is 12.9. The Bertz CT molecular complexity index is 2700. The van der Waals surface area contributed by atoms with Crippen LogP contribution in [-0.2, 0) is 15.5 Å². The van der Waals surface area contributed by atoms with Crippen LogP contribution in [-0.4, -0.2) is 20.1 Å². The highest BCUT2D eigenvalue weighted by Crippen LogP contribution is 2.46. The second-order valence-corrected chi connectivity index (χ2v) is 14.3. The van der Waals surface area contributed by atoms with Gasteiger partial charge in [0.25, 0.3) is 10.1 Å². The Morgan fingerprint density at radius 2 is 0.965 bits per heavy atom. The maximum Gasteiger partial charge on any atom is 0.298 e. The molecule has 7 aromatic rings. The van der Waals surface area contributed by atoms with E-state index in [1.165, 1.54) is 18.2 Å². The first-order valence-corrected chi connectivity index (χ1v) is 19.1. The average Bonchev–Trinajstić information content (AvgIpc) is 3.23. The average molecular weight is 771 g/mol. The lowest BCUT2D eigenvalue weighted by atomic mass is 9.65. The van der Waals surface area contributed by atoms with E-state index in [9.17, 15) is 23.5 Å². The lowest BCUT2D eigenvalue weighted by Gasteiger charge is -2.37. The third-order valence-electron chi connectivity index (χ3n) is 9.54. The lowest BCUT2D eigenvalue weighted by molar-refractivity contribution is 0.414. The molecule has 7 rings (SSSR count). The van der Waals surface area contributed by atoms with Crippen LogP contribution in [0.4, 0.5) is 0 Å². The summed E-state index contributed by atoms with van der Waals surface area (Å²) in [5, 5.41) is 19.9. The quantitative estimate of drug-likeness (QED) is 0.0950. The number of hydrogen-bond acceptors (Lipinski definition) is 8. The molecule has 0 fully saturated rings. The zero-order valence-electron chi connectivity index (χ0n) is 30.8. The van der Waals surface area contributed by atoms with Crippen LogP contribution in [0.15, 0.2) is 169 Å². The molecule has 0 bridgehead atoms. The second kappa shape index (κ2) is 16.2. The van der Waals surface area contributed by atoms with Gasteiger partial charge in [0.1, 0.15) is 62.8 Å². The fourth-order valence-electron chi connectivity index (χ4n) is 6.86. The Labute approximate surface area is 330 Å². The van der Waals surface area contributed by atoms with Crippen LogP contribution in [0.5, 0.6) is 40.2 Å². The van der Waals surface area contributed by atoms with Gasteiger partial charge < -0.3 is 18.9 Å². The monoisotopic (exact) mass is 770 g/mol. The minimum atomic E-state index is -4.82. The van der Waals surface area contributed by atoms with Gasteiger partial charge in [-0.15, -0.1) is 0 Å². The van der Waals surface area contributed by atoms with Gasteiger partial charge in [0.05, 0.1) is 18.1 Å². The molecule has 0 aromatic heterocycles. The van der Waals surface area contributed by atoms with Crippen molar-refractivity contribution >= 4 is 10.1 Å². The van der Waals surface area contributed by atoms with Crippen molar-refractivity contribution in [3.63, 3.8) is 0 Å². The number of nitrogens with zero attached hydrogens (tertiary/aromatic N) is 2. The molecule has 9 nitrogen and oxygen atoms in total. The fraction of sp³-hybridized carbons (Fsp3) is 0.0638. The van der Waals surface area contributed by atoms with E-state index in [0.29, 0.717) is 11.3 Å². The molecule has 0 heterocycles. The molecule has 0 saturated carbocycles. The molecule has 0 radical (unpaired) electrons. The SMILES string of the molecule is COc1ccc(C(c2ccccc2)(c2ccccc2)c2ccc(Oc3cccc(Oc4ccc(Oc5cccc(C)c5C#N)c(S(=O)(=O)O)c4)c3C#N)cc2)cc1. The molecule has 0 aliphatic rings. The Kier molecular flexibility index (Phi) is 10.8. The van der Waals surface area contributed by atoms with Gasteiger partial charge >= 0.3 is 0 Å². The number of ether oxygens (including phenoxy) is 4. The molecule has 0 amide bonds. The molecular weight excluding hydrogens is 737 g/mol. The summed E-state index contributed by atoms with van der Waals surface area (Å²) in [6, 6.07) is 54.0. The lowest BCUT2D eigenvalue weighted by Crippen LogP contribution is -2.30. The number of aryl methyl sites for hydroxylation is 1. The van der Waals surface area contributed by atoms with Crippen LogP contribution < -0.4 is 18.9 Å². The third-order valence-corrected chi connectivity index (χ3v) is 10.4. The summed E-state index contributed by atoms with van der Waals surface area (Å²) in [5.74, 6) is 1.38. The van der Waals surface area contributed by atoms with Crippen molar-refractivity contribution in [1.82, 2.24) is 0 Å². The van der Waals surface area contributed by atoms with Gasteiger partial charge in [-0.25, -0.2) is 0 Å².